The van der Waals surface area contributed by atoms with E-state index in [1.807, 2.05) is 17.0 Å². The van der Waals surface area contributed by atoms with Gasteiger partial charge >= 0.3 is 6.01 Å². The van der Waals surface area contributed by atoms with Crippen LogP contribution in [0.15, 0.2) is 37.1 Å². The Kier molecular flexibility index (Phi) is 6.41. The zero-order valence-corrected chi connectivity index (χ0v) is 23.0. The Labute approximate surface area is 233 Å². The molecule has 208 valence electrons. The van der Waals surface area contributed by atoms with E-state index in [0.29, 0.717) is 36.6 Å². The van der Waals surface area contributed by atoms with Crippen molar-refractivity contribution in [2.75, 3.05) is 38.2 Å². The van der Waals surface area contributed by atoms with Gasteiger partial charge in [0, 0.05) is 30.9 Å². The lowest BCUT2D eigenvalue weighted by Gasteiger charge is -2.47. The lowest BCUT2D eigenvalue weighted by molar-refractivity contribution is -0.127. The zero-order chi connectivity index (χ0) is 27.4. The van der Waals surface area contributed by atoms with Crippen molar-refractivity contribution < 1.29 is 13.9 Å². The van der Waals surface area contributed by atoms with Gasteiger partial charge in [-0.25, -0.2) is 4.39 Å². The van der Waals surface area contributed by atoms with Gasteiger partial charge in [-0.15, -0.1) is 0 Å². The van der Waals surface area contributed by atoms with E-state index in [4.69, 9.17) is 9.72 Å². The highest BCUT2D eigenvalue weighted by Crippen LogP contribution is 2.41. The molecular weight excluding hydrogens is 507 g/mol. The molecule has 3 saturated heterocycles. The van der Waals surface area contributed by atoms with Crippen LogP contribution >= 0.6 is 0 Å². The van der Waals surface area contributed by atoms with Crippen LogP contribution in [0, 0.1) is 5.82 Å². The molecule has 0 spiro atoms. The number of amides is 1. The van der Waals surface area contributed by atoms with E-state index in [9.17, 15) is 4.79 Å². The number of hydrogen-bond donors (Lipinski definition) is 0. The number of rotatable bonds is 6. The van der Waals surface area contributed by atoms with Crippen molar-refractivity contribution in [2.45, 2.75) is 63.1 Å². The van der Waals surface area contributed by atoms with Crippen LogP contribution in [0.25, 0.3) is 22.2 Å². The predicted octanol–water partition coefficient (Wildman–Crippen LogP) is 4.16. The molecule has 2 aromatic heterocycles. The van der Waals surface area contributed by atoms with E-state index >= 15 is 4.39 Å². The molecule has 3 atom stereocenters. The lowest BCUT2D eigenvalue weighted by Crippen LogP contribution is -2.63. The van der Waals surface area contributed by atoms with Crippen LogP contribution in [-0.2, 0) is 17.6 Å². The topological polar surface area (TPSA) is 74.7 Å². The summed E-state index contributed by atoms with van der Waals surface area (Å²) in [6.45, 7) is 6.45. The quantitative estimate of drug-likeness (QED) is 0.433. The molecule has 3 aliphatic heterocycles. The van der Waals surface area contributed by atoms with Crippen molar-refractivity contribution in [2.24, 2.45) is 0 Å². The van der Waals surface area contributed by atoms with Gasteiger partial charge < -0.3 is 19.4 Å². The first-order valence-corrected chi connectivity index (χ1v) is 14.5. The number of pyridine rings is 1. The normalized spacial score (nSPS) is 24.1. The number of aromatic nitrogens is 3. The SMILES string of the molecule is C=CC(=O)N1CCC2[C@H]1CN2c1nc(OC[C@@H]2CCCN2C)nc2c(F)c(-c3cccc4c3CCCC4)ncc12. The Morgan fingerprint density at radius 1 is 1.15 bits per heavy atom. The van der Waals surface area contributed by atoms with Crippen LogP contribution in [0.2, 0.25) is 0 Å². The number of hydrogen-bond acceptors (Lipinski definition) is 7. The zero-order valence-electron chi connectivity index (χ0n) is 23.0. The standard InChI is InChI=1S/C31H35FN6O2/c1-3-26(39)37-15-13-24-25(37)17-38(24)30-23-16-33-28(22-12-6-9-19-8-4-5-11-21(19)22)27(32)29(23)34-31(35-30)40-18-20-10-7-14-36(20)2/h3,6,9,12,16,20,24-25H,1,4-5,7-8,10-11,13-15,17-18H2,2H3/t20-,24?,25+/m0/s1. The molecule has 1 aromatic carbocycles. The molecule has 0 saturated carbocycles. The molecule has 1 amide bonds. The number of ether oxygens (including phenoxy) is 1. The number of anilines is 1. The molecule has 9 heteroatoms. The van der Waals surface area contributed by atoms with E-state index in [0.717, 1.165) is 57.1 Å². The van der Waals surface area contributed by atoms with Gasteiger partial charge in [-0.1, -0.05) is 24.8 Å². The number of likely N-dealkylation sites (N-methyl/N-ethyl adjacent to an activating group) is 1. The van der Waals surface area contributed by atoms with Crippen LogP contribution in [0.4, 0.5) is 10.2 Å². The number of fused-ring (bicyclic) bond motifs is 3. The van der Waals surface area contributed by atoms with Crippen molar-refractivity contribution in [3.63, 3.8) is 0 Å². The van der Waals surface area contributed by atoms with Gasteiger partial charge in [-0.3, -0.25) is 9.78 Å². The van der Waals surface area contributed by atoms with Crippen LogP contribution in [-0.4, -0.2) is 82.1 Å². The molecule has 0 N–H and O–H groups in total. The maximum Gasteiger partial charge on any atom is 0.319 e. The third kappa shape index (κ3) is 4.13. The van der Waals surface area contributed by atoms with Gasteiger partial charge in [0.05, 0.1) is 17.5 Å². The summed E-state index contributed by atoms with van der Waals surface area (Å²) < 4.78 is 22.6. The van der Waals surface area contributed by atoms with Crippen LogP contribution in [0.3, 0.4) is 0 Å². The fraction of sp³-hybridized carbons (Fsp3) is 0.484. The molecule has 4 aliphatic rings. The van der Waals surface area contributed by atoms with Crippen LogP contribution < -0.4 is 9.64 Å². The molecule has 0 radical (unpaired) electrons. The summed E-state index contributed by atoms with van der Waals surface area (Å²) in [4.78, 5) is 32.8. The highest BCUT2D eigenvalue weighted by Gasteiger charge is 2.49. The maximum absolute atomic E-state index is 16.5. The second-order valence-electron chi connectivity index (χ2n) is 11.6. The van der Waals surface area contributed by atoms with Gasteiger partial charge in [0.1, 0.15) is 23.6 Å². The molecule has 40 heavy (non-hydrogen) atoms. The summed E-state index contributed by atoms with van der Waals surface area (Å²) in [5, 5.41) is 0.573. The molecule has 5 heterocycles. The smallest absolute Gasteiger partial charge is 0.319 e. The summed E-state index contributed by atoms with van der Waals surface area (Å²) in [5.41, 5.74) is 3.90. The van der Waals surface area contributed by atoms with E-state index < -0.39 is 5.82 Å². The summed E-state index contributed by atoms with van der Waals surface area (Å²) >= 11 is 0. The average Bonchev–Trinajstić information content (AvgIpc) is 3.53. The Balaban J connectivity index is 1.29. The number of benzene rings is 1. The molecule has 1 unspecified atom stereocenters. The third-order valence-corrected chi connectivity index (χ3v) is 9.40. The van der Waals surface area contributed by atoms with Crippen LogP contribution in [0.5, 0.6) is 6.01 Å². The Bertz CT molecular complexity index is 1490. The fourth-order valence-corrected chi connectivity index (χ4v) is 7.11. The van der Waals surface area contributed by atoms with Gasteiger partial charge in [-0.2, -0.15) is 9.97 Å². The van der Waals surface area contributed by atoms with Gasteiger partial charge in [-0.05, 0) is 75.7 Å². The van der Waals surface area contributed by atoms with Gasteiger partial charge in [0.25, 0.3) is 0 Å². The Morgan fingerprint density at radius 2 is 2.02 bits per heavy atom. The van der Waals surface area contributed by atoms with E-state index in [1.54, 1.807) is 6.20 Å². The summed E-state index contributed by atoms with van der Waals surface area (Å²) in [6.07, 6.45) is 10.3. The van der Waals surface area contributed by atoms with Crippen molar-refractivity contribution in [3.8, 4) is 17.3 Å². The Morgan fingerprint density at radius 3 is 2.85 bits per heavy atom. The number of aryl methyl sites for hydroxylation is 1. The largest absolute Gasteiger partial charge is 0.462 e. The average molecular weight is 543 g/mol. The van der Waals surface area contributed by atoms with Gasteiger partial charge in [0.15, 0.2) is 5.82 Å². The maximum atomic E-state index is 16.5. The van der Waals surface area contributed by atoms with Crippen molar-refractivity contribution >= 4 is 22.6 Å². The molecule has 8 nitrogen and oxygen atoms in total. The summed E-state index contributed by atoms with van der Waals surface area (Å²) in [5.74, 6) is 0.143. The first-order chi connectivity index (χ1) is 19.5. The molecule has 7 rings (SSSR count). The molecular formula is C31H35FN6O2. The number of nitrogens with zero attached hydrogens (tertiary/aromatic N) is 6. The highest BCUT2D eigenvalue weighted by molar-refractivity contribution is 5.93. The second kappa shape index (κ2) is 10.1. The minimum absolute atomic E-state index is 0.0482. The van der Waals surface area contributed by atoms with E-state index in [2.05, 4.69) is 39.5 Å². The second-order valence-corrected chi connectivity index (χ2v) is 11.6. The first kappa shape index (κ1) is 25.4. The van der Waals surface area contributed by atoms with Crippen molar-refractivity contribution in [1.82, 2.24) is 24.8 Å². The predicted molar refractivity (Wildman–Crippen MR) is 152 cm³/mol. The monoisotopic (exact) mass is 542 g/mol. The van der Waals surface area contributed by atoms with Crippen molar-refractivity contribution in [3.05, 3.63) is 54.0 Å². The highest BCUT2D eigenvalue weighted by atomic mass is 19.1. The molecule has 3 fully saturated rings. The van der Waals surface area contributed by atoms with E-state index in [-0.39, 0.29) is 35.6 Å². The van der Waals surface area contributed by atoms with E-state index in [1.165, 1.54) is 17.2 Å². The number of likely N-dealkylation sites (tertiary alicyclic amines) is 2. The minimum Gasteiger partial charge on any atom is -0.462 e. The number of carbonyl (C=O) groups excluding carboxylic acids is 1. The molecule has 1 aliphatic carbocycles. The number of carbonyl (C=O) groups is 1. The van der Waals surface area contributed by atoms with Crippen LogP contribution in [0.1, 0.15) is 43.2 Å². The lowest BCUT2D eigenvalue weighted by atomic mass is 9.87. The molecule has 3 aromatic rings. The third-order valence-electron chi connectivity index (χ3n) is 9.40. The Hall–Kier alpha value is -3.59. The molecule has 0 bridgehead atoms. The van der Waals surface area contributed by atoms with Crippen molar-refractivity contribution in [1.29, 1.82) is 0 Å². The summed E-state index contributed by atoms with van der Waals surface area (Å²) in [7, 11) is 2.10. The first-order valence-electron chi connectivity index (χ1n) is 14.5. The summed E-state index contributed by atoms with van der Waals surface area (Å²) in [6, 6.07) is 6.80. The number of halogens is 1. The minimum atomic E-state index is -0.435. The van der Waals surface area contributed by atoms with Gasteiger partial charge in [0.2, 0.25) is 5.91 Å². The fourth-order valence-electron chi connectivity index (χ4n) is 7.11.